The monoisotopic (exact) mass is 281 g/mol. The summed E-state index contributed by atoms with van der Waals surface area (Å²) in [5.41, 5.74) is 7.83. The number of nitrogens with two attached hydrogens (primary N) is 1. The Kier molecular flexibility index (Phi) is 4.12. The lowest BCUT2D eigenvalue weighted by Gasteiger charge is -2.31. The zero-order valence-electron chi connectivity index (χ0n) is 12.1. The fourth-order valence-corrected chi connectivity index (χ4v) is 3.20. The molecule has 1 aromatic rings. The van der Waals surface area contributed by atoms with Gasteiger partial charge in [-0.2, -0.15) is 0 Å². The van der Waals surface area contributed by atoms with E-state index < -0.39 is 0 Å². The molecule has 1 aliphatic rings. The Hall–Kier alpha value is -0.730. The summed E-state index contributed by atoms with van der Waals surface area (Å²) in [6.45, 7) is 4.65. The van der Waals surface area contributed by atoms with Crippen LogP contribution in [0.5, 0.6) is 5.75 Å². The molecular weight excluding hydrogens is 258 g/mol. The van der Waals surface area contributed by atoms with Crippen molar-refractivity contribution in [1.82, 2.24) is 0 Å². The second-order valence-electron chi connectivity index (χ2n) is 6.52. The highest BCUT2D eigenvalue weighted by atomic mass is 35.5. The molecule has 0 amide bonds. The highest BCUT2D eigenvalue weighted by Gasteiger charge is 2.35. The van der Waals surface area contributed by atoms with Crippen molar-refractivity contribution in [3.05, 3.63) is 28.8 Å². The first-order valence-corrected chi connectivity index (χ1v) is 7.37. The predicted molar refractivity (Wildman–Crippen MR) is 80.7 cm³/mol. The van der Waals surface area contributed by atoms with Crippen LogP contribution in [0.15, 0.2) is 18.2 Å². The van der Waals surface area contributed by atoms with E-state index in [0.717, 1.165) is 42.0 Å². The average molecular weight is 282 g/mol. The van der Waals surface area contributed by atoms with Gasteiger partial charge in [0, 0.05) is 16.1 Å². The largest absolute Gasteiger partial charge is 0.496 e. The molecule has 1 saturated carbocycles. The molecular formula is C16H24ClNO. The summed E-state index contributed by atoms with van der Waals surface area (Å²) in [7, 11) is 1.69. The predicted octanol–water partition coefficient (Wildman–Crippen LogP) is 4.49. The van der Waals surface area contributed by atoms with Gasteiger partial charge in [-0.15, -0.1) is 0 Å². The highest BCUT2D eigenvalue weighted by Crippen LogP contribution is 2.44. The Morgan fingerprint density at radius 3 is 2.58 bits per heavy atom. The van der Waals surface area contributed by atoms with E-state index in [-0.39, 0.29) is 5.54 Å². The van der Waals surface area contributed by atoms with Crippen molar-refractivity contribution in [3.8, 4) is 5.75 Å². The van der Waals surface area contributed by atoms with Crippen LogP contribution in [0.1, 0.15) is 51.5 Å². The Morgan fingerprint density at radius 1 is 1.16 bits per heavy atom. The Morgan fingerprint density at radius 2 is 1.89 bits per heavy atom. The van der Waals surface area contributed by atoms with Crippen LogP contribution in [0.25, 0.3) is 0 Å². The first-order valence-electron chi connectivity index (χ1n) is 6.99. The smallest absolute Gasteiger partial charge is 0.124 e. The van der Waals surface area contributed by atoms with Gasteiger partial charge in [0.05, 0.1) is 7.11 Å². The van der Waals surface area contributed by atoms with Crippen LogP contribution >= 0.6 is 11.6 Å². The van der Waals surface area contributed by atoms with Gasteiger partial charge in [0.2, 0.25) is 0 Å². The van der Waals surface area contributed by atoms with Gasteiger partial charge in [-0.1, -0.05) is 31.9 Å². The highest BCUT2D eigenvalue weighted by molar-refractivity contribution is 6.30. The van der Waals surface area contributed by atoms with Gasteiger partial charge in [-0.25, -0.2) is 0 Å². The zero-order chi connectivity index (χ0) is 14.1. The topological polar surface area (TPSA) is 35.2 Å². The summed E-state index contributed by atoms with van der Waals surface area (Å²) >= 11 is 6.14. The first-order chi connectivity index (χ1) is 8.86. The summed E-state index contributed by atoms with van der Waals surface area (Å²) in [6, 6.07) is 5.74. The number of rotatable bonds is 2. The van der Waals surface area contributed by atoms with Crippen molar-refractivity contribution in [2.24, 2.45) is 11.1 Å². The molecule has 106 valence electrons. The molecule has 1 atom stereocenters. The Balaban J connectivity index is 2.36. The molecule has 3 heteroatoms. The summed E-state index contributed by atoms with van der Waals surface area (Å²) < 4.78 is 5.47. The first kappa shape index (κ1) is 14.7. The number of methoxy groups -OCH3 is 1. The van der Waals surface area contributed by atoms with Gasteiger partial charge in [-0.05, 0) is 49.3 Å². The molecule has 1 aliphatic carbocycles. The number of hydrogen-bond donors (Lipinski definition) is 1. The second kappa shape index (κ2) is 5.34. The lowest BCUT2D eigenvalue weighted by Crippen LogP contribution is -2.36. The van der Waals surface area contributed by atoms with Gasteiger partial charge < -0.3 is 10.5 Å². The fourth-order valence-electron chi connectivity index (χ4n) is 3.03. The fraction of sp³-hybridized carbons (Fsp3) is 0.625. The summed E-state index contributed by atoms with van der Waals surface area (Å²) in [5.74, 6) is 0.853. The van der Waals surface area contributed by atoms with Crippen LogP contribution in [-0.4, -0.2) is 7.11 Å². The molecule has 0 bridgehead atoms. The quantitative estimate of drug-likeness (QED) is 0.811. The van der Waals surface area contributed by atoms with Crippen molar-refractivity contribution in [3.63, 3.8) is 0 Å². The Labute approximate surface area is 121 Å². The number of ether oxygens (including phenoxy) is 1. The lowest BCUT2D eigenvalue weighted by atomic mass is 9.81. The summed E-state index contributed by atoms with van der Waals surface area (Å²) in [6.07, 6.45) is 5.50. The molecule has 0 aromatic heterocycles. The van der Waals surface area contributed by atoms with E-state index in [9.17, 15) is 0 Å². The van der Waals surface area contributed by atoms with Crippen LogP contribution in [0, 0.1) is 5.41 Å². The Bertz CT molecular complexity index is 458. The van der Waals surface area contributed by atoms with Crippen LogP contribution in [0.2, 0.25) is 5.02 Å². The maximum absolute atomic E-state index is 6.71. The molecule has 2 N–H and O–H groups in total. The number of hydrogen-bond acceptors (Lipinski definition) is 2. The van der Waals surface area contributed by atoms with Crippen molar-refractivity contribution in [2.75, 3.05) is 7.11 Å². The minimum Gasteiger partial charge on any atom is -0.496 e. The molecule has 19 heavy (non-hydrogen) atoms. The van der Waals surface area contributed by atoms with E-state index in [0.29, 0.717) is 5.41 Å². The van der Waals surface area contributed by atoms with Gasteiger partial charge >= 0.3 is 0 Å². The summed E-state index contributed by atoms with van der Waals surface area (Å²) in [4.78, 5) is 0. The van der Waals surface area contributed by atoms with Crippen LogP contribution in [0.3, 0.4) is 0 Å². The van der Waals surface area contributed by atoms with E-state index in [2.05, 4.69) is 13.8 Å². The minimum atomic E-state index is -0.315. The maximum Gasteiger partial charge on any atom is 0.124 e. The third-order valence-corrected chi connectivity index (χ3v) is 4.66. The normalized spacial score (nSPS) is 26.8. The number of halogens is 1. The van der Waals surface area contributed by atoms with Crippen molar-refractivity contribution >= 4 is 11.6 Å². The van der Waals surface area contributed by atoms with Crippen LogP contribution < -0.4 is 10.5 Å². The van der Waals surface area contributed by atoms with Gasteiger partial charge in [0.25, 0.3) is 0 Å². The zero-order valence-corrected chi connectivity index (χ0v) is 12.9. The van der Waals surface area contributed by atoms with E-state index in [4.69, 9.17) is 22.1 Å². The molecule has 0 saturated heterocycles. The van der Waals surface area contributed by atoms with E-state index in [1.165, 1.54) is 6.42 Å². The molecule has 0 radical (unpaired) electrons. The molecule has 0 heterocycles. The third-order valence-electron chi connectivity index (χ3n) is 4.42. The van der Waals surface area contributed by atoms with Crippen LogP contribution in [0.4, 0.5) is 0 Å². The molecule has 1 unspecified atom stereocenters. The maximum atomic E-state index is 6.71. The molecule has 0 spiro atoms. The van der Waals surface area contributed by atoms with Gasteiger partial charge in [0.15, 0.2) is 0 Å². The second-order valence-corrected chi connectivity index (χ2v) is 6.95. The van der Waals surface area contributed by atoms with Crippen molar-refractivity contribution < 1.29 is 4.74 Å². The van der Waals surface area contributed by atoms with Crippen LogP contribution in [-0.2, 0) is 5.54 Å². The van der Waals surface area contributed by atoms with Gasteiger partial charge in [0.1, 0.15) is 5.75 Å². The van der Waals surface area contributed by atoms with Crippen molar-refractivity contribution in [1.29, 1.82) is 0 Å². The molecule has 1 aromatic carbocycles. The van der Waals surface area contributed by atoms with E-state index in [1.54, 1.807) is 7.11 Å². The van der Waals surface area contributed by atoms with E-state index >= 15 is 0 Å². The van der Waals surface area contributed by atoms with Gasteiger partial charge in [-0.3, -0.25) is 0 Å². The van der Waals surface area contributed by atoms with E-state index in [1.807, 2.05) is 18.2 Å². The number of benzene rings is 1. The summed E-state index contributed by atoms with van der Waals surface area (Å²) in [5, 5.41) is 0.726. The minimum absolute atomic E-state index is 0.315. The molecule has 0 aliphatic heterocycles. The average Bonchev–Trinajstić information content (AvgIpc) is 2.49. The third kappa shape index (κ3) is 3.24. The standard InChI is InChI=1S/C16H24ClNO/c1-15(2)7-4-8-16(18,10-9-15)13-11-12(17)5-6-14(13)19-3/h5-6,11H,4,7-10,18H2,1-3H3. The SMILES string of the molecule is COc1ccc(Cl)cc1C1(N)CCCC(C)(C)CC1. The molecule has 2 rings (SSSR count). The van der Waals surface area contributed by atoms with Crippen molar-refractivity contribution in [2.45, 2.75) is 51.5 Å². The molecule has 2 nitrogen and oxygen atoms in total. The lowest BCUT2D eigenvalue weighted by molar-refractivity contribution is 0.295. The molecule has 1 fully saturated rings.